The lowest BCUT2D eigenvalue weighted by atomic mass is 10.2. The van der Waals surface area contributed by atoms with Gasteiger partial charge in [0.1, 0.15) is 10.8 Å². The monoisotopic (exact) mass is 256 g/mol. The lowest BCUT2D eigenvalue weighted by Crippen LogP contribution is -1.95. The molecule has 2 aromatic rings. The summed E-state index contributed by atoms with van der Waals surface area (Å²) in [6.45, 7) is 0.487. The van der Waals surface area contributed by atoms with E-state index in [1.54, 1.807) is 18.4 Å². The van der Waals surface area contributed by atoms with Crippen molar-refractivity contribution in [3.05, 3.63) is 35.3 Å². The van der Waals surface area contributed by atoms with E-state index in [9.17, 15) is 0 Å². The Morgan fingerprint density at radius 1 is 1.44 bits per heavy atom. The van der Waals surface area contributed by atoms with Gasteiger partial charge in [-0.15, -0.1) is 23.7 Å². The first-order valence-electron chi connectivity index (χ1n) is 4.62. The van der Waals surface area contributed by atoms with Gasteiger partial charge in [0.15, 0.2) is 0 Å². The van der Waals surface area contributed by atoms with Crippen molar-refractivity contribution in [2.75, 3.05) is 7.11 Å². The highest BCUT2D eigenvalue weighted by Crippen LogP contribution is 2.26. The molecule has 0 spiro atoms. The highest BCUT2D eigenvalue weighted by Gasteiger charge is 2.04. The summed E-state index contributed by atoms with van der Waals surface area (Å²) in [4.78, 5) is 4.41. The fourth-order valence-corrected chi connectivity index (χ4v) is 2.12. The second-order valence-corrected chi connectivity index (χ2v) is 3.94. The molecular formula is C11H13ClN2OS. The molecule has 0 saturated carbocycles. The topological polar surface area (TPSA) is 48.1 Å². The number of hydrogen-bond acceptors (Lipinski definition) is 4. The number of methoxy groups -OCH3 is 1. The molecule has 16 heavy (non-hydrogen) atoms. The molecule has 0 aliphatic heterocycles. The van der Waals surface area contributed by atoms with Crippen molar-refractivity contribution in [2.45, 2.75) is 6.54 Å². The molecule has 1 aromatic heterocycles. The number of thiazole rings is 1. The summed E-state index contributed by atoms with van der Waals surface area (Å²) in [5.74, 6) is 0.844. The van der Waals surface area contributed by atoms with Crippen LogP contribution in [0.15, 0.2) is 29.6 Å². The van der Waals surface area contributed by atoms with Crippen molar-refractivity contribution in [1.29, 1.82) is 0 Å². The Labute approximate surface area is 105 Å². The van der Waals surface area contributed by atoms with Crippen LogP contribution < -0.4 is 10.5 Å². The number of benzene rings is 1. The molecule has 3 nitrogen and oxygen atoms in total. The molecule has 0 aliphatic carbocycles. The zero-order valence-corrected chi connectivity index (χ0v) is 10.5. The van der Waals surface area contributed by atoms with E-state index in [1.165, 1.54) is 0 Å². The summed E-state index contributed by atoms with van der Waals surface area (Å²) < 4.78 is 5.16. The van der Waals surface area contributed by atoms with E-state index in [1.807, 2.05) is 29.6 Å². The molecular weight excluding hydrogens is 244 g/mol. The molecule has 2 rings (SSSR count). The fourth-order valence-electron chi connectivity index (χ4n) is 1.29. The molecule has 0 radical (unpaired) electrons. The third kappa shape index (κ3) is 2.72. The molecule has 0 fully saturated rings. The predicted octanol–water partition coefficient (Wildman–Crippen LogP) is 2.70. The molecule has 0 amide bonds. The standard InChI is InChI=1S/C11H12N2OS.ClH/c1-14-10-4-2-3-8(5-10)11-13-9(6-12)7-15-11;/h2-5,7H,6,12H2,1H3;1H. The van der Waals surface area contributed by atoms with Crippen LogP contribution in [-0.4, -0.2) is 12.1 Å². The van der Waals surface area contributed by atoms with Gasteiger partial charge in [0.05, 0.1) is 12.8 Å². The first-order chi connectivity index (χ1) is 7.33. The number of hydrogen-bond donors (Lipinski definition) is 1. The van der Waals surface area contributed by atoms with Crippen molar-refractivity contribution >= 4 is 23.7 Å². The van der Waals surface area contributed by atoms with Crippen LogP contribution in [0.3, 0.4) is 0 Å². The maximum Gasteiger partial charge on any atom is 0.123 e. The molecule has 1 aromatic carbocycles. The smallest absolute Gasteiger partial charge is 0.123 e. The minimum absolute atomic E-state index is 0. The van der Waals surface area contributed by atoms with Crippen LogP contribution in [0.25, 0.3) is 10.6 Å². The molecule has 86 valence electrons. The Bertz CT molecular complexity index is 459. The van der Waals surface area contributed by atoms with Crippen LogP contribution in [-0.2, 0) is 6.54 Å². The van der Waals surface area contributed by atoms with Gasteiger partial charge in [0, 0.05) is 17.5 Å². The highest BCUT2D eigenvalue weighted by molar-refractivity contribution is 7.13. The average Bonchev–Trinajstić information content (AvgIpc) is 2.78. The minimum atomic E-state index is 0. The lowest BCUT2D eigenvalue weighted by Gasteiger charge is -2.00. The van der Waals surface area contributed by atoms with Crippen LogP contribution >= 0.6 is 23.7 Å². The number of aromatic nitrogens is 1. The fraction of sp³-hybridized carbons (Fsp3) is 0.182. The van der Waals surface area contributed by atoms with E-state index >= 15 is 0 Å². The predicted molar refractivity (Wildman–Crippen MR) is 69.2 cm³/mol. The number of nitrogens with two attached hydrogens (primary N) is 1. The maximum absolute atomic E-state index is 5.52. The summed E-state index contributed by atoms with van der Waals surface area (Å²) in [7, 11) is 1.66. The van der Waals surface area contributed by atoms with Gasteiger partial charge in [-0.05, 0) is 12.1 Å². The number of rotatable bonds is 3. The van der Waals surface area contributed by atoms with E-state index in [2.05, 4.69) is 4.98 Å². The van der Waals surface area contributed by atoms with Gasteiger partial charge in [0.2, 0.25) is 0 Å². The Balaban J connectivity index is 0.00000128. The number of ether oxygens (including phenoxy) is 1. The van der Waals surface area contributed by atoms with Crippen LogP contribution in [0.2, 0.25) is 0 Å². The zero-order chi connectivity index (χ0) is 10.7. The largest absolute Gasteiger partial charge is 0.497 e. The normalized spacial score (nSPS) is 9.62. The molecule has 1 heterocycles. The second kappa shape index (κ2) is 5.84. The van der Waals surface area contributed by atoms with Crippen LogP contribution in [0.5, 0.6) is 5.75 Å². The summed E-state index contributed by atoms with van der Waals surface area (Å²) in [5.41, 5.74) is 7.51. The summed E-state index contributed by atoms with van der Waals surface area (Å²) in [6, 6.07) is 7.86. The Morgan fingerprint density at radius 2 is 2.25 bits per heavy atom. The van der Waals surface area contributed by atoms with E-state index in [4.69, 9.17) is 10.5 Å². The SMILES string of the molecule is COc1cccc(-c2nc(CN)cs2)c1.Cl. The zero-order valence-electron chi connectivity index (χ0n) is 8.84. The molecule has 0 saturated heterocycles. The molecule has 0 unspecified atom stereocenters. The van der Waals surface area contributed by atoms with E-state index in [0.717, 1.165) is 22.0 Å². The summed E-state index contributed by atoms with van der Waals surface area (Å²) >= 11 is 1.60. The Morgan fingerprint density at radius 3 is 2.88 bits per heavy atom. The van der Waals surface area contributed by atoms with Crippen molar-refractivity contribution in [1.82, 2.24) is 4.98 Å². The second-order valence-electron chi connectivity index (χ2n) is 3.08. The van der Waals surface area contributed by atoms with Gasteiger partial charge >= 0.3 is 0 Å². The Kier molecular flexibility index (Phi) is 4.73. The molecule has 0 aliphatic rings. The van der Waals surface area contributed by atoms with Gasteiger partial charge in [-0.25, -0.2) is 4.98 Å². The van der Waals surface area contributed by atoms with Gasteiger partial charge in [-0.1, -0.05) is 12.1 Å². The van der Waals surface area contributed by atoms with Crippen molar-refractivity contribution in [3.63, 3.8) is 0 Å². The quantitative estimate of drug-likeness (QED) is 0.919. The number of halogens is 1. The van der Waals surface area contributed by atoms with E-state index in [-0.39, 0.29) is 12.4 Å². The molecule has 0 bridgehead atoms. The van der Waals surface area contributed by atoms with Crippen molar-refractivity contribution in [2.24, 2.45) is 5.73 Å². The summed E-state index contributed by atoms with van der Waals surface area (Å²) in [6.07, 6.45) is 0. The molecule has 5 heteroatoms. The Hall–Kier alpha value is -1.10. The number of nitrogens with zero attached hydrogens (tertiary/aromatic N) is 1. The van der Waals surface area contributed by atoms with E-state index in [0.29, 0.717) is 6.54 Å². The van der Waals surface area contributed by atoms with Gasteiger partial charge in [-0.3, -0.25) is 0 Å². The molecule has 2 N–H and O–H groups in total. The van der Waals surface area contributed by atoms with Crippen LogP contribution in [0, 0.1) is 0 Å². The highest BCUT2D eigenvalue weighted by atomic mass is 35.5. The maximum atomic E-state index is 5.52. The first-order valence-corrected chi connectivity index (χ1v) is 5.50. The van der Waals surface area contributed by atoms with Crippen molar-refractivity contribution in [3.8, 4) is 16.3 Å². The van der Waals surface area contributed by atoms with Crippen LogP contribution in [0.4, 0.5) is 0 Å². The third-order valence-corrected chi connectivity index (χ3v) is 3.02. The van der Waals surface area contributed by atoms with Crippen LogP contribution in [0.1, 0.15) is 5.69 Å². The molecule has 0 atom stereocenters. The third-order valence-electron chi connectivity index (χ3n) is 2.08. The van der Waals surface area contributed by atoms with E-state index < -0.39 is 0 Å². The first kappa shape index (κ1) is 13.0. The lowest BCUT2D eigenvalue weighted by molar-refractivity contribution is 0.415. The van der Waals surface area contributed by atoms with Gasteiger partial charge in [-0.2, -0.15) is 0 Å². The minimum Gasteiger partial charge on any atom is -0.497 e. The van der Waals surface area contributed by atoms with Gasteiger partial charge < -0.3 is 10.5 Å². The van der Waals surface area contributed by atoms with Crippen molar-refractivity contribution < 1.29 is 4.74 Å². The summed E-state index contributed by atoms with van der Waals surface area (Å²) in [5, 5.41) is 2.96. The average molecular weight is 257 g/mol. The van der Waals surface area contributed by atoms with Gasteiger partial charge in [0.25, 0.3) is 0 Å².